The minimum absolute atomic E-state index is 0.0220. The zero-order valence-corrected chi connectivity index (χ0v) is 18.6. The summed E-state index contributed by atoms with van der Waals surface area (Å²) in [6.07, 6.45) is -1.28. The first-order chi connectivity index (χ1) is 13.9. The first-order valence-electron chi connectivity index (χ1n) is 9.46. The molecule has 3 heterocycles. The molecule has 2 aliphatic rings. The monoisotopic (exact) mass is 465 g/mol. The Morgan fingerprint density at radius 1 is 1.47 bits per heavy atom. The van der Waals surface area contributed by atoms with Gasteiger partial charge in [-0.1, -0.05) is 13.8 Å². The number of alkyl halides is 1. The van der Waals surface area contributed by atoms with Crippen molar-refractivity contribution in [2.24, 2.45) is 5.92 Å². The first kappa shape index (κ1) is 23.2. The van der Waals surface area contributed by atoms with Crippen molar-refractivity contribution in [1.29, 1.82) is 0 Å². The maximum atomic E-state index is 13.1. The quantitative estimate of drug-likeness (QED) is 0.359. The fourth-order valence-corrected chi connectivity index (χ4v) is 5.43. The molecule has 2 aliphatic heterocycles. The van der Waals surface area contributed by atoms with Crippen molar-refractivity contribution in [3.63, 3.8) is 0 Å². The van der Waals surface area contributed by atoms with Gasteiger partial charge in [0.15, 0.2) is 6.23 Å². The maximum Gasteiger partial charge on any atom is 0.406 e. The van der Waals surface area contributed by atoms with Gasteiger partial charge in [0.25, 0.3) is 5.56 Å². The number of hydrogen-bond donors (Lipinski definition) is 2. The van der Waals surface area contributed by atoms with Crippen LogP contribution in [0, 0.1) is 5.92 Å². The molecule has 2 fully saturated rings. The number of aromatic nitrogens is 2. The van der Waals surface area contributed by atoms with Gasteiger partial charge in [0.2, 0.25) is 0 Å². The summed E-state index contributed by atoms with van der Waals surface area (Å²) in [6.45, 7) is 6.56. The summed E-state index contributed by atoms with van der Waals surface area (Å²) in [7, 11) is -3.79. The molecule has 0 aromatic carbocycles. The Morgan fingerprint density at radius 2 is 2.17 bits per heavy atom. The summed E-state index contributed by atoms with van der Waals surface area (Å²) >= 11 is 6.68. The van der Waals surface area contributed by atoms with Gasteiger partial charge in [0.1, 0.15) is 23.7 Å². The molecule has 0 aliphatic carbocycles. The Kier molecular flexibility index (Phi) is 6.62. The average molecular weight is 466 g/mol. The molecule has 11 nitrogen and oxygen atoms in total. The molecule has 0 saturated carbocycles. The molecule has 168 valence electrons. The predicted octanol–water partition coefficient (Wildman–Crippen LogP) is 1.13. The van der Waals surface area contributed by atoms with E-state index in [4.69, 9.17) is 30.1 Å². The van der Waals surface area contributed by atoms with Gasteiger partial charge < -0.3 is 9.47 Å². The van der Waals surface area contributed by atoms with Crippen molar-refractivity contribution in [2.75, 3.05) is 13.2 Å². The van der Waals surface area contributed by atoms with E-state index in [1.54, 1.807) is 27.7 Å². The van der Waals surface area contributed by atoms with E-state index < -0.39 is 48.3 Å². The molecule has 3 rings (SSSR count). The van der Waals surface area contributed by atoms with Crippen molar-refractivity contribution in [3.8, 4) is 0 Å². The van der Waals surface area contributed by atoms with Crippen molar-refractivity contribution in [1.82, 2.24) is 14.6 Å². The first-order valence-corrected chi connectivity index (χ1v) is 11.4. The molecule has 2 N–H and O–H groups in total. The molecular weight excluding hydrogens is 441 g/mol. The summed E-state index contributed by atoms with van der Waals surface area (Å²) in [4.78, 5) is 35.9. The topological polar surface area (TPSA) is 138 Å². The number of rotatable bonds is 6. The van der Waals surface area contributed by atoms with E-state index >= 15 is 0 Å². The van der Waals surface area contributed by atoms with Crippen LogP contribution in [0.2, 0.25) is 0 Å². The Hall–Kier alpha value is -1.49. The molecule has 30 heavy (non-hydrogen) atoms. The second kappa shape index (κ2) is 8.57. The van der Waals surface area contributed by atoms with E-state index in [0.29, 0.717) is 0 Å². The number of esters is 1. The third kappa shape index (κ3) is 4.71. The number of H-pyrrole nitrogens is 1. The molecule has 1 unspecified atom stereocenters. The molecule has 1 aromatic heterocycles. The fraction of sp³-hybridized carbons (Fsp3) is 0.706. The molecule has 0 spiro atoms. The average Bonchev–Trinajstić information content (AvgIpc) is 2.89. The minimum atomic E-state index is -3.79. The van der Waals surface area contributed by atoms with E-state index in [1.165, 1.54) is 12.3 Å². The number of aromatic amines is 1. The molecule has 13 heteroatoms. The number of carbonyl (C=O) groups excluding carboxylic acids is 1. The Labute approximate surface area is 177 Å². The number of halogens is 1. The molecule has 0 amide bonds. The van der Waals surface area contributed by atoms with Crippen LogP contribution in [0.5, 0.6) is 0 Å². The number of nitrogens with one attached hydrogen (secondary N) is 2. The number of ether oxygens (including phenoxy) is 2. The number of nitrogens with zero attached hydrogens (tertiary/aromatic N) is 1. The number of fused-ring (bicyclic) bond motifs is 1. The van der Waals surface area contributed by atoms with Crippen LogP contribution in [0.25, 0.3) is 0 Å². The van der Waals surface area contributed by atoms with E-state index in [9.17, 15) is 18.9 Å². The highest BCUT2D eigenvalue weighted by molar-refractivity contribution is 7.51. The Morgan fingerprint density at radius 3 is 2.80 bits per heavy atom. The Balaban J connectivity index is 1.71. The van der Waals surface area contributed by atoms with Gasteiger partial charge in [0.05, 0.1) is 12.5 Å². The van der Waals surface area contributed by atoms with Crippen molar-refractivity contribution < 1.29 is 27.9 Å². The minimum Gasteiger partial charge on any atom is -0.464 e. The normalized spacial score (nSPS) is 34.5. The predicted molar refractivity (Wildman–Crippen MR) is 106 cm³/mol. The van der Waals surface area contributed by atoms with Gasteiger partial charge in [0, 0.05) is 18.3 Å². The lowest BCUT2D eigenvalue weighted by Crippen LogP contribution is -2.47. The highest BCUT2D eigenvalue weighted by atomic mass is 35.5. The van der Waals surface area contributed by atoms with E-state index in [-0.39, 0.29) is 25.1 Å². The van der Waals surface area contributed by atoms with E-state index in [0.717, 1.165) is 4.57 Å². The lowest BCUT2D eigenvalue weighted by molar-refractivity contribution is -0.147. The van der Waals surface area contributed by atoms with Crippen LogP contribution in [0.3, 0.4) is 0 Å². The van der Waals surface area contributed by atoms with Crippen LogP contribution in [-0.2, 0) is 27.9 Å². The van der Waals surface area contributed by atoms with Crippen molar-refractivity contribution in [2.45, 2.75) is 57.0 Å². The van der Waals surface area contributed by atoms with Crippen LogP contribution in [0.1, 0.15) is 33.9 Å². The highest BCUT2D eigenvalue weighted by Gasteiger charge is 2.59. The van der Waals surface area contributed by atoms with Gasteiger partial charge in [-0.15, -0.1) is 11.6 Å². The highest BCUT2D eigenvalue weighted by Crippen LogP contribution is 2.57. The number of carbonyl (C=O) groups is 1. The molecular formula is C17H25ClN3O8P. The van der Waals surface area contributed by atoms with Crippen molar-refractivity contribution in [3.05, 3.63) is 33.1 Å². The summed E-state index contributed by atoms with van der Waals surface area (Å²) in [5.41, 5.74) is -1.25. The fourth-order valence-electron chi connectivity index (χ4n) is 3.22. The van der Waals surface area contributed by atoms with Crippen molar-refractivity contribution >= 4 is 25.3 Å². The largest absolute Gasteiger partial charge is 0.464 e. The molecule has 2 saturated heterocycles. The third-order valence-corrected chi connectivity index (χ3v) is 6.92. The van der Waals surface area contributed by atoms with Gasteiger partial charge in [-0.2, -0.15) is 0 Å². The smallest absolute Gasteiger partial charge is 0.406 e. The van der Waals surface area contributed by atoms with Crippen LogP contribution >= 0.6 is 19.3 Å². The standard InChI is InChI=1S/C17H25ClN3O8P/c1-9(2)14(23)26-7-10(3)20-30(25)27-8-11-13(29-30)17(4,18)15(28-11)21-6-5-12(22)19-16(21)24/h5-6,9-11,13,15H,7-8H2,1-4H3,(H,20,25)(H,19,22,24)/t10-,11-,13-,15-,17-,30?/m1/s1. The molecule has 6 atom stereocenters. The van der Waals surface area contributed by atoms with E-state index in [1.807, 2.05) is 0 Å². The lowest BCUT2D eigenvalue weighted by Gasteiger charge is -2.36. The van der Waals surface area contributed by atoms with Crippen LogP contribution in [0.4, 0.5) is 0 Å². The zero-order valence-electron chi connectivity index (χ0n) is 17.0. The zero-order chi connectivity index (χ0) is 22.3. The summed E-state index contributed by atoms with van der Waals surface area (Å²) in [5, 5.41) is 2.72. The summed E-state index contributed by atoms with van der Waals surface area (Å²) in [6, 6.07) is 0.653. The van der Waals surface area contributed by atoms with Gasteiger partial charge in [-0.05, 0) is 13.8 Å². The Bertz CT molecular complexity index is 961. The SMILES string of the molecule is CC(C)C(=O)OC[C@@H](C)NP1(=O)OC[C@H]2O[C@@H](n3ccc(=O)[nH]c3=O)[C@](C)(Cl)[C@@H]2O1. The van der Waals surface area contributed by atoms with Crippen LogP contribution in [-0.4, -0.2) is 51.9 Å². The van der Waals surface area contributed by atoms with Crippen LogP contribution in [0.15, 0.2) is 21.9 Å². The van der Waals surface area contributed by atoms with Gasteiger partial charge >= 0.3 is 19.4 Å². The molecule has 0 radical (unpaired) electrons. The van der Waals surface area contributed by atoms with Gasteiger partial charge in [-0.3, -0.25) is 28.2 Å². The summed E-state index contributed by atoms with van der Waals surface area (Å²) in [5.74, 6) is -0.656. The second-order valence-corrected chi connectivity index (χ2v) is 10.4. The number of hydrogen-bond acceptors (Lipinski definition) is 8. The van der Waals surface area contributed by atoms with Crippen LogP contribution < -0.4 is 16.3 Å². The third-order valence-electron chi connectivity index (χ3n) is 4.77. The summed E-state index contributed by atoms with van der Waals surface area (Å²) < 4.78 is 36.3. The molecule has 0 bridgehead atoms. The lowest BCUT2D eigenvalue weighted by atomic mass is 10.0. The molecule has 1 aromatic rings. The maximum absolute atomic E-state index is 13.1. The second-order valence-electron chi connectivity index (χ2n) is 7.83. The van der Waals surface area contributed by atoms with E-state index in [2.05, 4.69) is 10.1 Å². The van der Waals surface area contributed by atoms with Gasteiger partial charge in [-0.25, -0.2) is 14.4 Å².